The molecule has 7 nitrogen and oxygen atoms in total. The van der Waals surface area contributed by atoms with Crippen LogP contribution in [0.15, 0.2) is 53.3 Å². The van der Waals surface area contributed by atoms with Gasteiger partial charge in [0.1, 0.15) is 12.3 Å². The largest absolute Gasteiger partial charge is 0.494 e. The first-order valence-corrected chi connectivity index (χ1v) is 15.3. The zero-order valence-corrected chi connectivity index (χ0v) is 25.0. The van der Waals surface area contributed by atoms with E-state index < -0.39 is 0 Å². The standard InChI is InChI=1S/C33H35N5O2S/c1-18(2)15-38-26-11-8-20(31(27-7-6-12-41-27)36-40-17-19(3)4)13-22(26)29-23-14-34-33(39)30(23)28-21(32(29)38)9-10-25-24(28)16-37(5)35-25/h6-8,11-14,16,18-19,34,39H,9-10,15,17H2,1-5H3. The number of thiophene rings is 1. The maximum atomic E-state index is 11.2. The number of aromatic nitrogens is 4. The van der Waals surface area contributed by atoms with Gasteiger partial charge in [-0.15, -0.1) is 11.3 Å². The van der Waals surface area contributed by atoms with E-state index in [2.05, 4.69) is 84.3 Å². The molecule has 0 aliphatic heterocycles. The summed E-state index contributed by atoms with van der Waals surface area (Å²) in [6.45, 7) is 10.3. The molecular formula is C33H35N5O2S. The predicted molar refractivity (Wildman–Crippen MR) is 168 cm³/mol. The van der Waals surface area contributed by atoms with Gasteiger partial charge in [0.2, 0.25) is 0 Å². The van der Waals surface area contributed by atoms with E-state index in [0.29, 0.717) is 18.4 Å². The first kappa shape index (κ1) is 25.9. The van der Waals surface area contributed by atoms with Crippen LogP contribution in [0.4, 0.5) is 0 Å². The number of hydrogen-bond acceptors (Lipinski definition) is 5. The van der Waals surface area contributed by atoms with E-state index in [1.807, 2.05) is 17.9 Å². The van der Waals surface area contributed by atoms with E-state index in [1.54, 1.807) is 11.3 Å². The maximum absolute atomic E-state index is 11.2. The summed E-state index contributed by atoms with van der Waals surface area (Å²) in [6, 6.07) is 10.8. The number of oxime groups is 1. The van der Waals surface area contributed by atoms with Gasteiger partial charge < -0.3 is 19.5 Å². The van der Waals surface area contributed by atoms with Crippen molar-refractivity contribution < 1.29 is 9.94 Å². The molecule has 0 saturated carbocycles. The van der Waals surface area contributed by atoms with Crippen molar-refractivity contribution in [2.45, 2.75) is 47.1 Å². The zero-order valence-electron chi connectivity index (χ0n) is 24.2. The normalized spacial score (nSPS) is 13.7. The predicted octanol–water partition coefficient (Wildman–Crippen LogP) is 7.62. The molecule has 1 aliphatic rings. The van der Waals surface area contributed by atoms with Crippen molar-refractivity contribution in [3.8, 4) is 17.0 Å². The molecule has 0 amide bonds. The van der Waals surface area contributed by atoms with Crippen molar-refractivity contribution in [3.63, 3.8) is 0 Å². The van der Waals surface area contributed by atoms with Crippen LogP contribution in [0.3, 0.4) is 0 Å². The smallest absolute Gasteiger partial charge is 0.197 e. The van der Waals surface area contributed by atoms with Gasteiger partial charge >= 0.3 is 0 Å². The number of nitrogens with zero attached hydrogens (tertiary/aromatic N) is 4. The molecule has 4 heterocycles. The lowest BCUT2D eigenvalue weighted by atomic mass is 9.85. The number of hydrogen-bond donors (Lipinski definition) is 2. The molecule has 0 radical (unpaired) electrons. The number of rotatable bonds is 7. The molecule has 7 rings (SSSR count). The summed E-state index contributed by atoms with van der Waals surface area (Å²) in [5, 5.41) is 26.9. The Morgan fingerprint density at radius 1 is 1.12 bits per heavy atom. The van der Waals surface area contributed by atoms with Gasteiger partial charge in [0.05, 0.1) is 21.5 Å². The highest BCUT2D eigenvalue weighted by atomic mass is 32.1. The fourth-order valence-corrected chi connectivity index (χ4v) is 7.12. The van der Waals surface area contributed by atoms with Crippen molar-refractivity contribution in [1.29, 1.82) is 0 Å². The highest BCUT2D eigenvalue weighted by molar-refractivity contribution is 7.12. The molecule has 0 fully saturated rings. The van der Waals surface area contributed by atoms with Crippen LogP contribution in [0.25, 0.3) is 43.7 Å². The van der Waals surface area contributed by atoms with Gasteiger partial charge in [-0.05, 0) is 53.8 Å². The minimum absolute atomic E-state index is 0.207. The lowest BCUT2D eigenvalue weighted by Crippen LogP contribution is -2.09. The van der Waals surface area contributed by atoms with Crippen LogP contribution in [0.5, 0.6) is 5.88 Å². The van der Waals surface area contributed by atoms with Gasteiger partial charge in [-0.3, -0.25) is 4.68 Å². The molecule has 0 saturated heterocycles. The van der Waals surface area contributed by atoms with E-state index >= 15 is 0 Å². The molecule has 210 valence electrons. The summed E-state index contributed by atoms with van der Waals surface area (Å²) >= 11 is 1.67. The fourth-order valence-electron chi connectivity index (χ4n) is 6.39. The minimum atomic E-state index is 0.207. The quantitative estimate of drug-likeness (QED) is 0.154. The molecule has 41 heavy (non-hydrogen) atoms. The van der Waals surface area contributed by atoms with Crippen LogP contribution in [0, 0.1) is 11.8 Å². The second-order valence-electron chi connectivity index (χ2n) is 12.0. The Hall–Kier alpha value is -4.04. The number of aromatic hydroxyl groups is 1. The Morgan fingerprint density at radius 3 is 2.73 bits per heavy atom. The van der Waals surface area contributed by atoms with E-state index in [-0.39, 0.29) is 5.88 Å². The van der Waals surface area contributed by atoms with Gasteiger partial charge in [-0.1, -0.05) is 45.0 Å². The van der Waals surface area contributed by atoms with E-state index in [1.165, 1.54) is 22.0 Å². The zero-order chi connectivity index (χ0) is 28.4. The van der Waals surface area contributed by atoms with Gasteiger partial charge in [0.25, 0.3) is 0 Å². The van der Waals surface area contributed by atoms with Crippen molar-refractivity contribution in [3.05, 3.63) is 69.8 Å². The Bertz CT molecular complexity index is 1950. The summed E-state index contributed by atoms with van der Waals surface area (Å²) in [6.07, 6.45) is 5.82. The second kappa shape index (κ2) is 9.80. The van der Waals surface area contributed by atoms with Crippen LogP contribution in [0.2, 0.25) is 0 Å². The van der Waals surface area contributed by atoms with Crippen LogP contribution < -0.4 is 0 Å². The van der Waals surface area contributed by atoms with Crippen molar-refractivity contribution in [2.24, 2.45) is 24.0 Å². The molecule has 0 unspecified atom stereocenters. The van der Waals surface area contributed by atoms with Gasteiger partial charge in [0, 0.05) is 64.4 Å². The lowest BCUT2D eigenvalue weighted by Gasteiger charge is -2.21. The molecule has 0 bridgehead atoms. The van der Waals surface area contributed by atoms with Gasteiger partial charge in [0.15, 0.2) is 5.88 Å². The SMILES string of the molecule is CC(C)CON=C(c1ccc2c(c1)c1c3c[nH]c(O)c3c3c(c1n2CC(C)C)CCc1nn(C)cc1-3)c1cccs1. The number of fused-ring (bicyclic) bond motifs is 10. The first-order chi connectivity index (χ1) is 19.8. The average Bonchev–Trinajstić information content (AvgIpc) is 3.72. The number of aromatic amines is 1. The lowest BCUT2D eigenvalue weighted by molar-refractivity contribution is 0.119. The van der Waals surface area contributed by atoms with Crippen LogP contribution in [0.1, 0.15) is 49.4 Å². The van der Waals surface area contributed by atoms with Crippen molar-refractivity contribution in [2.75, 3.05) is 6.61 Å². The summed E-state index contributed by atoms with van der Waals surface area (Å²) in [5.74, 6) is 1.06. The third kappa shape index (κ3) is 4.15. The molecular weight excluding hydrogens is 530 g/mol. The Kier molecular flexibility index (Phi) is 6.19. The summed E-state index contributed by atoms with van der Waals surface area (Å²) in [5.41, 5.74) is 8.92. The number of aryl methyl sites for hydroxylation is 3. The minimum Gasteiger partial charge on any atom is -0.494 e. The van der Waals surface area contributed by atoms with Crippen molar-refractivity contribution in [1.82, 2.24) is 19.3 Å². The Labute approximate surface area is 243 Å². The van der Waals surface area contributed by atoms with Crippen molar-refractivity contribution >= 4 is 49.6 Å². The molecule has 0 atom stereocenters. The molecule has 2 aromatic carbocycles. The highest BCUT2D eigenvalue weighted by Gasteiger charge is 2.30. The number of nitrogens with one attached hydrogen (secondary N) is 1. The Morgan fingerprint density at radius 2 is 1.98 bits per heavy atom. The van der Waals surface area contributed by atoms with Crippen LogP contribution in [-0.4, -0.2) is 36.8 Å². The number of benzene rings is 2. The monoisotopic (exact) mass is 565 g/mol. The summed E-state index contributed by atoms with van der Waals surface area (Å²) in [7, 11) is 1.97. The molecule has 2 N–H and O–H groups in total. The van der Waals surface area contributed by atoms with E-state index in [4.69, 9.17) is 9.94 Å². The summed E-state index contributed by atoms with van der Waals surface area (Å²) < 4.78 is 4.39. The molecule has 4 aromatic heterocycles. The molecule has 8 heteroatoms. The third-order valence-electron chi connectivity index (χ3n) is 7.96. The number of H-pyrrole nitrogens is 1. The van der Waals surface area contributed by atoms with Crippen LogP contribution in [-0.2, 0) is 31.3 Å². The third-order valence-corrected chi connectivity index (χ3v) is 8.83. The first-order valence-electron chi connectivity index (χ1n) is 14.4. The van der Waals surface area contributed by atoms with Gasteiger partial charge in [-0.25, -0.2) is 0 Å². The van der Waals surface area contributed by atoms with E-state index in [0.717, 1.165) is 68.5 Å². The average molecular weight is 566 g/mol. The fraction of sp³-hybridized carbons (Fsp3) is 0.333. The maximum Gasteiger partial charge on any atom is 0.197 e. The van der Waals surface area contributed by atoms with Gasteiger partial charge in [-0.2, -0.15) is 5.10 Å². The second-order valence-corrected chi connectivity index (χ2v) is 13.0. The molecule has 6 aromatic rings. The summed E-state index contributed by atoms with van der Waals surface area (Å²) in [4.78, 5) is 10.0. The van der Waals surface area contributed by atoms with E-state index in [9.17, 15) is 5.11 Å². The highest BCUT2D eigenvalue weighted by Crippen LogP contribution is 2.49. The van der Waals surface area contributed by atoms with Crippen LogP contribution >= 0.6 is 11.3 Å². The molecule has 1 aliphatic carbocycles. The Balaban J connectivity index is 1.56. The topological polar surface area (TPSA) is 80.4 Å². The molecule has 0 spiro atoms.